The van der Waals surface area contributed by atoms with E-state index in [9.17, 15) is 9.59 Å². The van der Waals surface area contributed by atoms with Gasteiger partial charge in [0, 0.05) is 32.6 Å². The first-order valence-corrected chi connectivity index (χ1v) is 8.41. The smallest absolute Gasteiger partial charge is 0.341 e. The molecule has 0 bridgehead atoms. The molecule has 2 rings (SSSR count). The lowest BCUT2D eigenvalue weighted by atomic mass is 10.2. The van der Waals surface area contributed by atoms with Crippen LogP contribution in [0, 0.1) is 6.92 Å². The number of guanidine groups is 1. The Morgan fingerprint density at radius 1 is 1.46 bits per heavy atom. The van der Waals surface area contributed by atoms with Gasteiger partial charge in [0.25, 0.3) is 0 Å². The summed E-state index contributed by atoms with van der Waals surface area (Å²) in [7, 11) is 3.03. The van der Waals surface area contributed by atoms with Gasteiger partial charge in [0.05, 0.1) is 13.7 Å². The second-order valence-corrected chi connectivity index (χ2v) is 5.92. The van der Waals surface area contributed by atoms with Gasteiger partial charge in [-0.05, 0) is 19.4 Å². The zero-order chi connectivity index (χ0) is 18.4. The quantitative estimate of drug-likeness (QED) is 0.289. The molecule has 0 radical (unpaired) electrons. The minimum absolute atomic E-state index is 0. The summed E-state index contributed by atoms with van der Waals surface area (Å²) in [5.74, 6) is 1.53. The van der Waals surface area contributed by atoms with Gasteiger partial charge in [-0.2, -0.15) is 0 Å². The van der Waals surface area contributed by atoms with Crippen LogP contribution in [0.3, 0.4) is 0 Å². The van der Waals surface area contributed by atoms with Gasteiger partial charge in [-0.25, -0.2) is 4.79 Å². The molecule has 1 unspecified atom stereocenters. The van der Waals surface area contributed by atoms with Crippen molar-refractivity contribution in [1.82, 2.24) is 15.5 Å². The van der Waals surface area contributed by atoms with Gasteiger partial charge >= 0.3 is 5.97 Å². The minimum atomic E-state index is -0.415. The lowest BCUT2D eigenvalue weighted by Gasteiger charge is -2.18. The van der Waals surface area contributed by atoms with E-state index in [0.29, 0.717) is 42.6 Å². The molecule has 0 aliphatic carbocycles. The monoisotopic (exact) mass is 478 g/mol. The van der Waals surface area contributed by atoms with E-state index in [1.807, 2.05) is 11.8 Å². The highest BCUT2D eigenvalue weighted by atomic mass is 127. The molecule has 8 nitrogen and oxygen atoms in total. The van der Waals surface area contributed by atoms with Crippen molar-refractivity contribution in [3.8, 4) is 0 Å². The molecular weight excluding hydrogens is 451 g/mol. The van der Waals surface area contributed by atoms with Crippen molar-refractivity contribution in [3.63, 3.8) is 0 Å². The maximum atomic E-state index is 11.7. The lowest BCUT2D eigenvalue weighted by molar-refractivity contribution is -0.129. The van der Waals surface area contributed by atoms with E-state index in [-0.39, 0.29) is 35.9 Å². The van der Waals surface area contributed by atoms with Crippen LogP contribution in [-0.2, 0) is 16.1 Å². The molecular formula is C17H27IN4O4. The number of esters is 1. The number of rotatable bonds is 5. The van der Waals surface area contributed by atoms with Gasteiger partial charge in [-0.1, -0.05) is 6.92 Å². The number of carbonyl (C=O) groups is 2. The number of likely N-dealkylation sites (tertiary alicyclic amines) is 1. The fraction of sp³-hybridized carbons (Fsp3) is 0.588. The topological polar surface area (TPSA) is 96.2 Å². The highest BCUT2D eigenvalue weighted by molar-refractivity contribution is 14.0. The summed E-state index contributed by atoms with van der Waals surface area (Å²) in [5.41, 5.74) is 0.423. The summed E-state index contributed by atoms with van der Waals surface area (Å²) in [6.45, 7) is 5.43. The number of amides is 1. The average Bonchev–Trinajstić information content (AvgIpc) is 3.23. The lowest BCUT2D eigenvalue weighted by Crippen LogP contribution is -2.44. The zero-order valence-electron chi connectivity index (χ0n) is 15.6. The van der Waals surface area contributed by atoms with E-state index in [4.69, 9.17) is 9.15 Å². The number of methoxy groups -OCH3 is 1. The summed E-state index contributed by atoms with van der Waals surface area (Å²) in [6, 6.07) is 1.84. The van der Waals surface area contributed by atoms with Crippen LogP contribution in [0.1, 0.15) is 41.6 Å². The molecule has 1 saturated heterocycles. The molecule has 146 valence electrons. The molecule has 1 aromatic heterocycles. The van der Waals surface area contributed by atoms with Crippen molar-refractivity contribution in [2.45, 2.75) is 39.3 Å². The predicted octanol–water partition coefficient (Wildman–Crippen LogP) is 1.67. The van der Waals surface area contributed by atoms with E-state index in [2.05, 4.69) is 15.6 Å². The van der Waals surface area contributed by atoms with Gasteiger partial charge in [-0.15, -0.1) is 24.0 Å². The zero-order valence-corrected chi connectivity index (χ0v) is 18.0. The van der Waals surface area contributed by atoms with Crippen LogP contribution in [0.15, 0.2) is 15.5 Å². The number of carbonyl (C=O) groups excluding carboxylic acids is 2. The Balaban J connectivity index is 0.00000338. The SMILES string of the molecule is CCC(=O)N1CCC(NC(=NC)NCc2cc(C(=O)OC)c(C)o2)C1.I. The summed E-state index contributed by atoms with van der Waals surface area (Å²) < 4.78 is 10.3. The van der Waals surface area contributed by atoms with Crippen LogP contribution in [0.25, 0.3) is 0 Å². The molecule has 9 heteroatoms. The van der Waals surface area contributed by atoms with E-state index >= 15 is 0 Å². The number of hydrogen-bond donors (Lipinski definition) is 2. The highest BCUT2D eigenvalue weighted by Gasteiger charge is 2.25. The summed E-state index contributed by atoms with van der Waals surface area (Å²) in [6.07, 6.45) is 1.42. The third-order valence-corrected chi connectivity index (χ3v) is 4.21. The molecule has 1 aliphatic rings. The van der Waals surface area contributed by atoms with Gasteiger partial charge in [-0.3, -0.25) is 9.79 Å². The number of hydrogen-bond acceptors (Lipinski definition) is 5. The van der Waals surface area contributed by atoms with Crippen molar-refractivity contribution in [2.24, 2.45) is 4.99 Å². The standard InChI is InChI=1S/C17H26N4O4.HI/c1-5-15(22)21-7-6-12(10-21)20-17(18-3)19-9-13-8-14(11(2)25-13)16(23)24-4;/h8,12H,5-7,9-10H2,1-4H3,(H2,18,19,20);1H. The molecule has 1 aliphatic heterocycles. The first kappa shape index (κ1) is 22.3. The van der Waals surface area contributed by atoms with Crippen LogP contribution < -0.4 is 10.6 Å². The first-order valence-electron chi connectivity index (χ1n) is 8.41. The highest BCUT2D eigenvalue weighted by Crippen LogP contribution is 2.15. The maximum Gasteiger partial charge on any atom is 0.341 e. The largest absolute Gasteiger partial charge is 0.465 e. The Hall–Kier alpha value is -1.78. The Bertz CT molecular complexity index is 659. The third kappa shape index (κ3) is 5.61. The Morgan fingerprint density at radius 3 is 2.81 bits per heavy atom. The number of nitrogens with zero attached hydrogens (tertiary/aromatic N) is 2. The van der Waals surface area contributed by atoms with Gasteiger partial charge in [0.2, 0.25) is 5.91 Å². The van der Waals surface area contributed by atoms with Crippen LogP contribution in [-0.4, -0.2) is 56.0 Å². The molecule has 1 atom stereocenters. The van der Waals surface area contributed by atoms with E-state index in [1.54, 1.807) is 20.0 Å². The van der Waals surface area contributed by atoms with Gasteiger partial charge in [0.15, 0.2) is 5.96 Å². The fourth-order valence-corrected chi connectivity index (χ4v) is 2.83. The van der Waals surface area contributed by atoms with Crippen LogP contribution in [0.2, 0.25) is 0 Å². The van der Waals surface area contributed by atoms with Crippen LogP contribution in [0.4, 0.5) is 0 Å². The van der Waals surface area contributed by atoms with Crippen LogP contribution in [0.5, 0.6) is 0 Å². The summed E-state index contributed by atoms with van der Waals surface area (Å²) in [4.78, 5) is 29.4. The molecule has 2 heterocycles. The van der Waals surface area contributed by atoms with Crippen molar-refractivity contribution in [3.05, 3.63) is 23.2 Å². The van der Waals surface area contributed by atoms with E-state index in [1.165, 1.54) is 7.11 Å². The Kier molecular flexibility index (Phi) is 8.89. The van der Waals surface area contributed by atoms with Crippen molar-refractivity contribution in [2.75, 3.05) is 27.2 Å². The van der Waals surface area contributed by atoms with Crippen molar-refractivity contribution >= 4 is 41.8 Å². The fourth-order valence-electron chi connectivity index (χ4n) is 2.83. The molecule has 2 N–H and O–H groups in total. The molecule has 1 amide bonds. The molecule has 0 spiro atoms. The van der Waals surface area contributed by atoms with Gasteiger partial charge < -0.3 is 24.7 Å². The Morgan fingerprint density at radius 2 is 2.19 bits per heavy atom. The van der Waals surface area contributed by atoms with E-state index in [0.717, 1.165) is 13.0 Å². The predicted molar refractivity (Wildman–Crippen MR) is 109 cm³/mol. The Labute approximate surface area is 170 Å². The third-order valence-electron chi connectivity index (χ3n) is 4.21. The molecule has 0 saturated carbocycles. The van der Waals surface area contributed by atoms with Crippen molar-refractivity contribution < 1.29 is 18.7 Å². The van der Waals surface area contributed by atoms with E-state index < -0.39 is 5.97 Å². The molecule has 1 aromatic rings. The molecule has 26 heavy (non-hydrogen) atoms. The number of halogens is 1. The van der Waals surface area contributed by atoms with Crippen molar-refractivity contribution in [1.29, 1.82) is 0 Å². The second kappa shape index (κ2) is 10.4. The van der Waals surface area contributed by atoms with Gasteiger partial charge in [0.1, 0.15) is 17.1 Å². The summed E-state index contributed by atoms with van der Waals surface area (Å²) in [5, 5.41) is 6.47. The van der Waals surface area contributed by atoms with Crippen LogP contribution >= 0.6 is 24.0 Å². The first-order chi connectivity index (χ1) is 12.0. The molecule has 1 fully saturated rings. The number of nitrogens with one attached hydrogen (secondary N) is 2. The second-order valence-electron chi connectivity index (χ2n) is 5.92. The number of ether oxygens (including phenoxy) is 1. The number of aliphatic imine (C=N–C) groups is 1. The average molecular weight is 478 g/mol. The number of aryl methyl sites for hydroxylation is 1. The molecule has 0 aromatic carbocycles. The summed E-state index contributed by atoms with van der Waals surface area (Å²) >= 11 is 0. The normalized spacial score (nSPS) is 16.8. The maximum absolute atomic E-state index is 11.7. The number of furan rings is 1. The minimum Gasteiger partial charge on any atom is -0.465 e.